The summed E-state index contributed by atoms with van der Waals surface area (Å²) in [7, 11) is 0. The Bertz CT molecular complexity index is 1060. The third kappa shape index (κ3) is 6.46. The summed E-state index contributed by atoms with van der Waals surface area (Å²) in [4.78, 5) is 39.8. The highest BCUT2D eigenvalue weighted by Crippen LogP contribution is 2.19. The van der Waals surface area contributed by atoms with Crippen molar-refractivity contribution in [3.8, 4) is 5.75 Å². The summed E-state index contributed by atoms with van der Waals surface area (Å²) in [5.41, 5.74) is 5.73. The smallest absolute Gasteiger partial charge is 0.410 e. The first-order valence-electron chi connectivity index (χ1n) is 11.1. The number of carbonyl (C=O) groups excluding carboxylic acids is 3. The highest BCUT2D eigenvalue weighted by Gasteiger charge is 2.29. The predicted octanol–water partition coefficient (Wildman–Crippen LogP) is 3.24. The molecule has 0 atom stereocenters. The van der Waals surface area contributed by atoms with Gasteiger partial charge in [0.1, 0.15) is 17.2 Å². The van der Waals surface area contributed by atoms with E-state index in [1.807, 2.05) is 0 Å². The topological polar surface area (TPSA) is 102 Å². The van der Waals surface area contributed by atoms with E-state index in [2.05, 4.69) is 0 Å². The fraction of sp³-hybridized carbons (Fsp3) is 0.400. The molecule has 3 rings (SSSR count). The summed E-state index contributed by atoms with van der Waals surface area (Å²) < 4.78 is 25.5. The van der Waals surface area contributed by atoms with Crippen LogP contribution in [0.1, 0.15) is 47.1 Å². The van der Waals surface area contributed by atoms with Crippen molar-refractivity contribution in [1.29, 1.82) is 0 Å². The van der Waals surface area contributed by atoms with Crippen LogP contribution in [0.2, 0.25) is 0 Å². The molecule has 3 amide bonds. The highest BCUT2D eigenvalue weighted by molar-refractivity contribution is 5.95. The van der Waals surface area contributed by atoms with E-state index in [9.17, 15) is 18.8 Å². The maximum absolute atomic E-state index is 14.5. The van der Waals surface area contributed by atoms with Gasteiger partial charge < -0.3 is 25.0 Å². The number of nitrogens with zero attached hydrogens (tertiary/aromatic N) is 2. The largest absolute Gasteiger partial charge is 0.492 e. The Morgan fingerprint density at radius 1 is 0.971 bits per heavy atom. The molecule has 0 bridgehead atoms. The van der Waals surface area contributed by atoms with Gasteiger partial charge in [0.25, 0.3) is 11.8 Å². The number of primary amides is 1. The first-order valence-corrected chi connectivity index (χ1v) is 11.1. The minimum atomic E-state index is -0.608. The number of hydrogen-bond donors (Lipinski definition) is 1. The molecule has 1 fully saturated rings. The molecule has 9 heteroatoms. The molecule has 8 nitrogen and oxygen atoms in total. The van der Waals surface area contributed by atoms with Gasteiger partial charge in [0, 0.05) is 32.6 Å². The average Bonchev–Trinajstić information content (AvgIpc) is 2.79. The number of hydrogen-bond acceptors (Lipinski definition) is 5. The van der Waals surface area contributed by atoms with Crippen LogP contribution in [0.5, 0.6) is 5.75 Å². The summed E-state index contributed by atoms with van der Waals surface area (Å²) in [5, 5.41) is 0. The van der Waals surface area contributed by atoms with Gasteiger partial charge in [-0.2, -0.15) is 0 Å². The number of rotatable bonds is 6. The SMILES string of the molecule is CC(C)(C)OC(=O)N1CCN(C(=O)c2cc(CCOc3ccccc3C(N)=O)ccc2F)CC1. The van der Waals surface area contributed by atoms with Gasteiger partial charge in [-0.1, -0.05) is 18.2 Å². The van der Waals surface area contributed by atoms with E-state index < -0.39 is 29.3 Å². The number of ether oxygens (including phenoxy) is 2. The van der Waals surface area contributed by atoms with Crippen LogP contribution in [0.4, 0.5) is 9.18 Å². The van der Waals surface area contributed by atoms with Crippen molar-refractivity contribution in [1.82, 2.24) is 9.80 Å². The van der Waals surface area contributed by atoms with E-state index >= 15 is 0 Å². The maximum atomic E-state index is 14.5. The number of amides is 3. The molecule has 0 aromatic heterocycles. The molecular weight excluding hydrogens is 441 g/mol. The molecule has 0 saturated carbocycles. The van der Waals surface area contributed by atoms with E-state index in [1.54, 1.807) is 56.0 Å². The Morgan fingerprint density at radius 3 is 2.26 bits per heavy atom. The van der Waals surface area contributed by atoms with Gasteiger partial charge in [-0.05, 0) is 50.6 Å². The lowest BCUT2D eigenvalue weighted by atomic mass is 10.1. The molecular formula is C25H30FN3O5. The summed E-state index contributed by atoms with van der Waals surface area (Å²) in [6, 6.07) is 11.0. The lowest BCUT2D eigenvalue weighted by Crippen LogP contribution is -2.51. The van der Waals surface area contributed by atoms with Gasteiger partial charge >= 0.3 is 6.09 Å². The van der Waals surface area contributed by atoms with Crippen molar-refractivity contribution >= 4 is 17.9 Å². The van der Waals surface area contributed by atoms with E-state index in [0.717, 1.165) is 0 Å². The fourth-order valence-electron chi connectivity index (χ4n) is 3.56. The van der Waals surface area contributed by atoms with Crippen molar-refractivity contribution in [3.05, 3.63) is 65.0 Å². The Kier molecular flexibility index (Phi) is 7.75. The molecule has 182 valence electrons. The van der Waals surface area contributed by atoms with Crippen LogP contribution in [0, 0.1) is 5.82 Å². The third-order valence-corrected chi connectivity index (χ3v) is 5.28. The molecule has 0 unspecified atom stereocenters. The number of nitrogens with two attached hydrogens (primary N) is 1. The molecule has 1 aliphatic heterocycles. The zero-order valence-electron chi connectivity index (χ0n) is 19.7. The van der Waals surface area contributed by atoms with Crippen molar-refractivity contribution in [2.24, 2.45) is 5.73 Å². The number of halogens is 1. The zero-order valence-corrected chi connectivity index (χ0v) is 19.7. The lowest BCUT2D eigenvalue weighted by molar-refractivity contribution is 0.0140. The van der Waals surface area contributed by atoms with E-state index in [0.29, 0.717) is 30.8 Å². The molecule has 1 aliphatic rings. The Balaban J connectivity index is 1.59. The van der Waals surface area contributed by atoms with Crippen LogP contribution in [0.25, 0.3) is 0 Å². The fourth-order valence-corrected chi connectivity index (χ4v) is 3.56. The van der Waals surface area contributed by atoms with E-state index in [4.69, 9.17) is 15.2 Å². The zero-order chi connectivity index (χ0) is 24.9. The van der Waals surface area contributed by atoms with Gasteiger partial charge in [-0.25, -0.2) is 9.18 Å². The van der Waals surface area contributed by atoms with Crippen molar-refractivity contribution in [2.75, 3.05) is 32.8 Å². The molecule has 0 aliphatic carbocycles. The van der Waals surface area contributed by atoms with Crippen LogP contribution in [-0.2, 0) is 11.2 Å². The normalized spacial score (nSPS) is 14.0. The molecule has 1 heterocycles. The highest BCUT2D eigenvalue weighted by atomic mass is 19.1. The summed E-state index contributed by atoms with van der Waals surface area (Å²) >= 11 is 0. The third-order valence-electron chi connectivity index (χ3n) is 5.28. The van der Waals surface area contributed by atoms with Crippen LogP contribution >= 0.6 is 0 Å². The van der Waals surface area contributed by atoms with Gasteiger partial charge in [0.15, 0.2) is 0 Å². The Hall–Kier alpha value is -3.62. The van der Waals surface area contributed by atoms with Crippen molar-refractivity contribution in [3.63, 3.8) is 0 Å². The first kappa shape index (κ1) is 25.0. The molecule has 0 spiro atoms. The number of benzene rings is 2. The van der Waals surface area contributed by atoms with E-state index in [1.165, 1.54) is 17.0 Å². The van der Waals surface area contributed by atoms with Crippen LogP contribution in [0.3, 0.4) is 0 Å². The molecule has 34 heavy (non-hydrogen) atoms. The molecule has 2 aromatic rings. The van der Waals surface area contributed by atoms with Gasteiger partial charge in [0.05, 0.1) is 17.7 Å². The monoisotopic (exact) mass is 471 g/mol. The summed E-state index contributed by atoms with van der Waals surface area (Å²) in [6.07, 6.45) is -0.0224. The van der Waals surface area contributed by atoms with Crippen molar-refractivity contribution < 1.29 is 28.2 Å². The number of carbonyl (C=O) groups is 3. The minimum absolute atomic E-state index is 0.0271. The second-order valence-electron chi connectivity index (χ2n) is 9.03. The second kappa shape index (κ2) is 10.5. The molecule has 2 aromatic carbocycles. The minimum Gasteiger partial charge on any atom is -0.492 e. The van der Waals surface area contributed by atoms with Crippen molar-refractivity contribution in [2.45, 2.75) is 32.8 Å². The quantitative estimate of drug-likeness (QED) is 0.697. The Morgan fingerprint density at radius 2 is 1.62 bits per heavy atom. The van der Waals surface area contributed by atoms with Gasteiger partial charge in [0.2, 0.25) is 0 Å². The maximum Gasteiger partial charge on any atom is 0.410 e. The second-order valence-corrected chi connectivity index (χ2v) is 9.03. The standard InChI is InChI=1S/C25H30FN3O5/c1-25(2,3)34-24(32)29-13-11-28(12-14-29)23(31)19-16-17(8-9-20(19)26)10-15-33-21-7-5-4-6-18(21)22(27)30/h4-9,16H,10-15H2,1-3H3,(H2,27,30). The summed E-state index contributed by atoms with van der Waals surface area (Å²) in [5.74, 6) is -1.25. The van der Waals surface area contributed by atoms with E-state index in [-0.39, 0.29) is 30.8 Å². The van der Waals surface area contributed by atoms with Crippen LogP contribution in [-0.4, -0.2) is 66.1 Å². The van der Waals surface area contributed by atoms with Gasteiger partial charge in [-0.15, -0.1) is 0 Å². The number of para-hydroxylation sites is 1. The van der Waals surface area contributed by atoms with Gasteiger partial charge in [-0.3, -0.25) is 9.59 Å². The Labute approximate surface area is 198 Å². The summed E-state index contributed by atoms with van der Waals surface area (Å²) in [6.45, 7) is 6.80. The molecule has 1 saturated heterocycles. The number of piperazine rings is 1. The van der Waals surface area contributed by atoms with Crippen LogP contribution < -0.4 is 10.5 Å². The average molecular weight is 472 g/mol. The molecule has 2 N–H and O–H groups in total. The van der Waals surface area contributed by atoms with Crippen LogP contribution in [0.15, 0.2) is 42.5 Å². The lowest BCUT2D eigenvalue weighted by Gasteiger charge is -2.35. The molecule has 0 radical (unpaired) electrons. The predicted molar refractivity (Wildman–Crippen MR) is 124 cm³/mol. The first-order chi connectivity index (χ1) is 16.0.